The van der Waals surface area contributed by atoms with E-state index in [0.29, 0.717) is 5.69 Å². The van der Waals surface area contributed by atoms with E-state index < -0.39 is 15.9 Å². The third kappa shape index (κ3) is 4.62. The minimum absolute atomic E-state index is 0.0499. The van der Waals surface area contributed by atoms with Gasteiger partial charge in [-0.1, -0.05) is 21.7 Å². The average molecular weight is 432 g/mol. The first-order valence-corrected chi connectivity index (χ1v) is 10.5. The molecule has 0 fully saturated rings. The van der Waals surface area contributed by atoms with E-state index in [1.54, 1.807) is 5.38 Å². The number of hydrogen-bond donors (Lipinski definition) is 1. The van der Waals surface area contributed by atoms with Gasteiger partial charge in [0.05, 0.1) is 4.90 Å². The molecule has 1 N–H and O–H groups in total. The van der Waals surface area contributed by atoms with Crippen molar-refractivity contribution in [2.24, 2.45) is 0 Å². The lowest BCUT2D eigenvalue weighted by Crippen LogP contribution is -2.31. The molecule has 0 atom stereocenters. The number of carbonyl (C=O) groups is 1. The Balaban J connectivity index is 1.73. The molecule has 150 valence electrons. The van der Waals surface area contributed by atoms with Crippen LogP contribution in [-0.2, 0) is 10.0 Å². The molecule has 12 heteroatoms. The third-order valence-corrected chi connectivity index (χ3v) is 5.99. The molecule has 1 amide bonds. The Morgan fingerprint density at radius 2 is 1.83 bits per heavy atom. The number of aromatic nitrogens is 4. The zero-order chi connectivity index (χ0) is 20.9. The SMILES string of the molecule is C=CCN(CC=C)S(=O)(=O)c1ccc(C(=O)Nc2nnc(-c3csnn3)o2)cc1. The van der Waals surface area contributed by atoms with E-state index in [1.807, 2.05) is 0 Å². The van der Waals surface area contributed by atoms with E-state index in [4.69, 9.17) is 4.42 Å². The molecular weight excluding hydrogens is 416 g/mol. The molecule has 10 nitrogen and oxygen atoms in total. The van der Waals surface area contributed by atoms with Crippen LogP contribution in [0.5, 0.6) is 0 Å². The highest BCUT2D eigenvalue weighted by molar-refractivity contribution is 7.89. The maximum Gasteiger partial charge on any atom is 0.322 e. The zero-order valence-electron chi connectivity index (χ0n) is 15.1. The number of carbonyl (C=O) groups excluding carboxylic acids is 1. The lowest BCUT2D eigenvalue weighted by Gasteiger charge is -2.19. The van der Waals surface area contributed by atoms with Crippen molar-refractivity contribution in [3.63, 3.8) is 0 Å². The number of anilines is 1. The number of nitrogens with zero attached hydrogens (tertiary/aromatic N) is 5. The van der Waals surface area contributed by atoms with Crippen LogP contribution >= 0.6 is 11.5 Å². The fourth-order valence-corrected chi connectivity index (χ4v) is 4.10. The van der Waals surface area contributed by atoms with Crippen molar-refractivity contribution in [1.82, 2.24) is 24.1 Å². The maximum atomic E-state index is 12.7. The minimum Gasteiger partial charge on any atom is -0.401 e. The van der Waals surface area contributed by atoms with Crippen molar-refractivity contribution in [2.45, 2.75) is 4.90 Å². The monoisotopic (exact) mass is 432 g/mol. The summed E-state index contributed by atoms with van der Waals surface area (Å²) in [6, 6.07) is 5.37. The fraction of sp³-hybridized carbons (Fsp3) is 0.118. The quantitative estimate of drug-likeness (QED) is 0.509. The maximum absolute atomic E-state index is 12.7. The van der Waals surface area contributed by atoms with Crippen molar-refractivity contribution >= 4 is 33.5 Å². The Kier molecular flexibility index (Phi) is 6.26. The molecule has 0 bridgehead atoms. The zero-order valence-corrected chi connectivity index (χ0v) is 16.7. The van der Waals surface area contributed by atoms with Crippen LogP contribution in [0.3, 0.4) is 0 Å². The molecule has 3 rings (SSSR count). The van der Waals surface area contributed by atoms with E-state index in [1.165, 1.54) is 40.7 Å². The number of sulfonamides is 1. The van der Waals surface area contributed by atoms with E-state index in [2.05, 4.69) is 38.3 Å². The summed E-state index contributed by atoms with van der Waals surface area (Å²) in [5, 5.41) is 15.4. The summed E-state index contributed by atoms with van der Waals surface area (Å²) >= 11 is 1.13. The van der Waals surface area contributed by atoms with E-state index in [9.17, 15) is 13.2 Å². The van der Waals surface area contributed by atoms with Crippen molar-refractivity contribution in [3.05, 3.63) is 60.5 Å². The number of benzene rings is 1. The number of rotatable bonds is 9. The Bertz CT molecular complexity index is 1100. The van der Waals surface area contributed by atoms with Crippen LogP contribution in [0.25, 0.3) is 11.6 Å². The predicted molar refractivity (Wildman–Crippen MR) is 107 cm³/mol. The molecule has 0 aliphatic rings. The van der Waals surface area contributed by atoms with Gasteiger partial charge in [0.2, 0.25) is 10.0 Å². The Morgan fingerprint density at radius 1 is 1.14 bits per heavy atom. The van der Waals surface area contributed by atoms with Gasteiger partial charge in [-0.15, -0.1) is 23.4 Å². The second kappa shape index (κ2) is 8.86. The van der Waals surface area contributed by atoms with E-state index in [0.717, 1.165) is 11.5 Å². The molecule has 0 spiro atoms. The Labute approximate surface area is 170 Å². The third-order valence-electron chi connectivity index (χ3n) is 3.64. The van der Waals surface area contributed by atoms with Gasteiger partial charge in [0.15, 0.2) is 5.69 Å². The van der Waals surface area contributed by atoms with Crippen LogP contribution in [0, 0.1) is 0 Å². The molecular formula is C17H16N6O4S2. The minimum atomic E-state index is -3.74. The van der Waals surface area contributed by atoms with Crippen LogP contribution in [0.2, 0.25) is 0 Å². The van der Waals surface area contributed by atoms with Crippen LogP contribution in [-0.4, -0.2) is 51.5 Å². The van der Waals surface area contributed by atoms with E-state index >= 15 is 0 Å². The summed E-state index contributed by atoms with van der Waals surface area (Å²) in [5.41, 5.74) is 0.624. The number of amides is 1. The standard InChI is InChI=1S/C17H16N6O4S2/c1-3-9-23(10-4-2)29(25,26)13-7-5-12(6-8-13)15(24)18-17-21-20-16(27-17)14-11-28-22-19-14/h3-8,11H,1-2,9-10H2,(H,18,21,24). The molecule has 1 aromatic carbocycles. The molecule has 0 saturated carbocycles. The molecule has 2 heterocycles. The Morgan fingerprint density at radius 3 is 2.41 bits per heavy atom. The van der Waals surface area contributed by atoms with Gasteiger partial charge in [-0.25, -0.2) is 8.42 Å². The first kappa shape index (κ1) is 20.5. The van der Waals surface area contributed by atoms with Gasteiger partial charge in [0.1, 0.15) is 0 Å². The smallest absolute Gasteiger partial charge is 0.322 e. The first-order valence-electron chi connectivity index (χ1n) is 8.20. The predicted octanol–water partition coefficient (Wildman–Crippen LogP) is 2.20. The van der Waals surface area contributed by atoms with Gasteiger partial charge in [-0.2, -0.15) is 4.31 Å². The van der Waals surface area contributed by atoms with Crippen LogP contribution < -0.4 is 5.32 Å². The largest absolute Gasteiger partial charge is 0.401 e. The van der Waals surface area contributed by atoms with Gasteiger partial charge < -0.3 is 4.42 Å². The van der Waals surface area contributed by atoms with Crippen LogP contribution in [0.4, 0.5) is 6.01 Å². The topological polar surface area (TPSA) is 131 Å². The lowest BCUT2D eigenvalue weighted by atomic mass is 10.2. The average Bonchev–Trinajstić information content (AvgIpc) is 3.39. The highest BCUT2D eigenvalue weighted by Gasteiger charge is 2.23. The van der Waals surface area contributed by atoms with E-state index in [-0.39, 0.29) is 35.5 Å². The number of hydrogen-bond acceptors (Lipinski definition) is 9. The molecule has 2 aromatic heterocycles. The lowest BCUT2D eigenvalue weighted by molar-refractivity contribution is 0.102. The molecule has 29 heavy (non-hydrogen) atoms. The summed E-state index contributed by atoms with van der Waals surface area (Å²) in [4.78, 5) is 12.4. The van der Waals surface area contributed by atoms with Crippen LogP contribution in [0.15, 0.2) is 64.3 Å². The first-order chi connectivity index (χ1) is 14.0. The van der Waals surface area contributed by atoms with Gasteiger partial charge in [0, 0.05) is 24.0 Å². The second-order valence-electron chi connectivity index (χ2n) is 5.58. The molecule has 0 saturated heterocycles. The van der Waals surface area contributed by atoms with Crippen molar-refractivity contribution in [3.8, 4) is 11.6 Å². The normalized spacial score (nSPS) is 11.3. The highest BCUT2D eigenvalue weighted by Crippen LogP contribution is 2.20. The van der Waals surface area contributed by atoms with Gasteiger partial charge in [-0.3, -0.25) is 10.1 Å². The molecule has 0 radical (unpaired) electrons. The molecule has 0 unspecified atom stereocenters. The second-order valence-corrected chi connectivity index (χ2v) is 8.13. The summed E-state index contributed by atoms with van der Waals surface area (Å²) in [5.74, 6) is -0.408. The summed E-state index contributed by atoms with van der Waals surface area (Å²) in [6.45, 7) is 7.42. The molecule has 0 aliphatic carbocycles. The van der Waals surface area contributed by atoms with Crippen LogP contribution in [0.1, 0.15) is 10.4 Å². The van der Waals surface area contributed by atoms with Crippen molar-refractivity contribution < 1.29 is 17.6 Å². The summed E-state index contributed by atoms with van der Waals surface area (Å²) in [7, 11) is -3.74. The van der Waals surface area contributed by atoms with Gasteiger partial charge in [-0.05, 0) is 35.8 Å². The fourth-order valence-electron chi connectivity index (χ4n) is 2.29. The van der Waals surface area contributed by atoms with Gasteiger partial charge in [0.25, 0.3) is 11.8 Å². The number of nitrogens with one attached hydrogen (secondary N) is 1. The van der Waals surface area contributed by atoms with Gasteiger partial charge >= 0.3 is 6.01 Å². The van der Waals surface area contributed by atoms with Crippen molar-refractivity contribution in [1.29, 1.82) is 0 Å². The van der Waals surface area contributed by atoms with Crippen molar-refractivity contribution in [2.75, 3.05) is 18.4 Å². The molecule has 0 aliphatic heterocycles. The Hall–Kier alpha value is -3.22. The highest BCUT2D eigenvalue weighted by atomic mass is 32.2. The summed E-state index contributed by atoms with van der Waals surface area (Å²) in [6.07, 6.45) is 2.98. The summed E-state index contributed by atoms with van der Waals surface area (Å²) < 4.78 is 35.6. The molecule has 3 aromatic rings.